The van der Waals surface area contributed by atoms with Gasteiger partial charge in [-0.15, -0.1) is 0 Å². The first-order chi connectivity index (χ1) is 15.5. The van der Waals surface area contributed by atoms with Crippen LogP contribution in [0.5, 0.6) is 0 Å². The average Bonchev–Trinajstić information content (AvgIpc) is 3.25. The largest absolute Gasteiger partial charge is 0.433 e. The summed E-state index contributed by atoms with van der Waals surface area (Å²) in [6.07, 6.45) is -1.43. The third kappa shape index (κ3) is 4.56. The first-order valence-electron chi connectivity index (χ1n) is 10.6. The van der Waals surface area contributed by atoms with Crippen molar-refractivity contribution in [1.82, 2.24) is 20.1 Å². The number of pyridine rings is 1. The number of hydrogen-bond donors (Lipinski definition) is 2. The van der Waals surface area contributed by atoms with Gasteiger partial charge in [0.1, 0.15) is 5.69 Å². The van der Waals surface area contributed by atoms with Gasteiger partial charge in [-0.1, -0.05) is 25.4 Å². The minimum Gasteiger partial charge on any atom is -0.388 e. The van der Waals surface area contributed by atoms with Crippen molar-refractivity contribution >= 4 is 28.4 Å². The van der Waals surface area contributed by atoms with E-state index in [1.807, 2.05) is 13.8 Å². The van der Waals surface area contributed by atoms with Gasteiger partial charge in [0, 0.05) is 35.3 Å². The predicted octanol–water partition coefficient (Wildman–Crippen LogP) is 5.24. The van der Waals surface area contributed by atoms with Crippen molar-refractivity contribution in [2.24, 2.45) is 11.3 Å². The van der Waals surface area contributed by atoms with E-state index in [9.17, 15) is 23.1 Å². The standard InChI is InChI=1S/C23H24ClF3N4O2/c1-22(2,20(32)17-10-16(24)9-14-12-29-30-19(14)17)15-5-7-31(8-6-15)21(33)13-3-4-18(28-11-13)23(25,26)27/h3-4,9-12,15,20,32H,5-8H2,1-2H3,(H,29,30). The molecule has 0 aliphatic carbocycles. The lowest BCUT2D eigenvalue weighted by atomic mass is 9.68. The number of benzene rings is 1. The number of piperidine rings is 1. The molecule has 1 fully saturated rings. The first-order valence-corrected chi connectivity index (χ1v) is 11.0. The normalized spacial score (nSPS) is 16.9. The number of fused-ring (bicyclic) bond motifs is 1. The van der Waals surface area contributed by atoms with Crippen molar-refractivity contribution < 1.29 is 23.1 Å². The minimum atomic E-state index is -4.54. The van der Waals surface area contributed by atoms with Crippen molar-refractivity contribution in [3.8, 4) is 0 Å². The molecule has 1 amide bonds. The Morgan fingerprint density at radius 3 is 2.52 bits per heavy atom. The lowest BCUT2D eigenvalue weighted by Gasteiger charge is -2.43. The molecule has 176 valence electrons. The third-order valence-corrected chi connectivity index (χ3v) is 6.90. The van der Waals surface area contributed by atoms with Gasteiger partial charge in [-0.2, -0.15) is 18.3 Å². The van der Waals surface area contributed by atoms with E-state index in [1.54, 1.807) is 23.2 Å². The molecule has 0 saturated carbocycles. The monoisotopic (exact) mass is 480 g/mol. The van der Waals surface area contributed by atoms with E-state index in [0.717, 1.165) is 29.2 Å². The van der Waals surface area contributed by atoms with Gasteiger partial charge >= 0.3 is 6.18 Å². The molecule has 0 radical (unpaired) electrons. The lowest BCUT2D eigenvalue weighted by molar-refractivity contribution is -0.141. The number of carbonyl (C=O) groups excluding carboxylic acids is 1. The number of nitrogens with one attached hydrogen (secondary N) is 1. The van der Waals surface area contributed by atoms with Crippen molar-refractivity contribution in [2.45, 2.75) is 39.0 Å². The van der Waals surface area contributed by atoms with Gasteiger partial charge in [0.2, 0.25) is 0 Å². The molecule has 2 N–H and O–H groups in total. The van der Waals surface area contributed by atoms with Crippen molar-refractivity contribution in [3.63, 3.8) is 0 Å². The smallest absolute Gasteiger partial charge is 0.388 e. The fourth-order valence-corrected chi connectivity index (χ4v) is 4.82. The number of likely N-dealkylation sites (tertiary alicyclic amines) is 1. The van der Waals surface area contributed by atoms with Gasteiger partial charge in [-0.05, 0) is 48.4 Å². The zero-order valence-corrected chi connectivity index (χ0v) is 18.9. The number of rotatable bonds is 4. The lowest BCUT2D eigenvalue weighted by Crippen LogP contribution is -2.43. The topological polar surface area (TPSA) is 82.1 Å². The van der Waals surface area contributed by atoms with Crippen LogP contribution < -0.4 is 0 Å². The second-order valence-electron chi connectivity index (χ2n) is 9.05. The molecule has 3 heterocycles. The van der Waals surface area contributed by atoms with E-state index in [2.05, 4.69) is 15.2 Å². The summed E-state index contributed by atoms with van der Waals surface area (Å²) in [7, 11) is 0. The van der Waals surface area contributed by atoms with Crippen molar-refractivity contribution in [3.05, 3.63) is 58.5 Å². The van der Waals surface area contributed by atoms with Gasteiger partial charge in [0.25, 0.3) is 5.91 Å². The van der Waals surface area contributed by atoms with E-state index >= 15 is 0 Å². The number of halogens is 4. The molecule has 3 aromatic rings. The van der Waals surface area contributed by atoms with Crippen LogP contribution in [-0.4, -0.2) is 44.2 Å². The number of carbonyl (C=O) groups is 1. The second kappa shape index (κ2) is 8.61. The summed E-state index contributed by atoms with van der Waals surface area (Å²) in [6, 6.07) is 5.50. The van der Waals surface area contributed by atoms with E-state index in [0.29, 0.717) is 36.5 Å². The summed E-state index contributed by atoms with van der Waals surface area (Å²) in [4.78, 5) is 17.8. The number of H-pyrrole nitrogens is 1. The number of aliphatic hydroxyl groups excluding tert-OH is 1. The van der Waals surface area contributed by atoms with Crippen LogP contribution >= 0.6 is 11.6 Å². The number of amides is 1. The molecule has 1 aliphatic rings. The molecule has 33 heavy (non-hydrogen) atoms. The van der Waals surface area contributed by atoms with Gasteiger partial charge in [-0.3, -0.25) is 14.9 Å². The molecular formula is C23H24ClF3N4O2. The molecule has 0 spiro atoms. The Morgan fingerprint density at radius 1 is 1.21 bits per heavy atom. The molecule has 4 rings (SSSR count). The third-order valence-electron chi connectivity index (χ3n) is 6.68. The zero-order valence-electron chi connectivity index (χ0n) is 18.2. The number of alkyl halides is 3. The van der Waals surface area contributed by atoms with E-state index in [1.165, 1.54) is 0 Å². The van der Waals surface area contributed by atoms with Gasteiger partial charge < -0.3 is 10.0 Å². The van der Waals surface area contributed by atoms with Crippen LogP contribution in [-0.2, 0) is 6.18 Å². The van der Waals surface area contributed by atoms with Crippen LogP contribution in [0.25, 0.3) is 10.9 Å². The molecule has 1 unspecified atom stereocenters. The molecular weight excluding hydrogens is 457 g/mol. The van der Waals surface area contributed by atoms with E-state index in [-0.39, 0.29) is 17.4 Å². The van der Waals surface area contributed by atoms with Crippen LogP contribution in [0.15, 0.2) is 36.7 Å². The molecule has 1 atom stereocenters. The number of aliphatic hydroxyl groups is 1. The SMILES string of the molecule is CC(C)(C1CCN(C(=O)c2ccc(C(F)(F)F)nc2)CC1)C(O)c1cc(Cl)cc2cn[nH]c12. The van der Waals surface area contributed by atoms with Crippen LogP contribution in [0.4, 0.5) is 13.2 Å². The van der Waals surface area contributed by atoms with Crippen LogP contribution in [0, 0.1) is 11.3 Å². The molecule has 2 aromatic heterocycles. The summed E-state index contributed by atoms with van der Waals surface area (Å²) in [5.74, 6) is -0.235. The maximum absolute atomic E-state index is 12.8. The summed E-state index contributed by atoms with van der Waals surface area (Å²) >= 11 is 6.24. The predicted molar refractivity (Wildman–Crippen MR) is 118 cm³/mol. The number of nitrogens with zero attached hydrogens (tertiary/aromatic N) is 3. The Kier molecular flexibility index (Phi) is 6.13. The maximum Gasteiger partial charge on any atom is 0.433 e. The van der Waals surface area contributed by atoms with Gasteiger partial charge in [0.15, 0.2) is 0 Å². The Morgan fingerprint density at radius 2 is 1.91 bits per heavy atom. The fourth-order valence-electron chi connectivity index (χ4n) is 4.58. The minimum absolute atomic E-state index is 0.110. The van der Waals surface area contributed by atoms with Crippen molar-refractivity contribution in [2.75, 3.05) is 13.1 Å². The van der Waals surface area contributed by atoms with Crippen molar-refractivity contribution in [1.29, 1.82) is 0 Å². The Balaban J connectivity index is 1.45. The summed E-state index contributed by atoms with van der Waals surface area (Å²) in [5, 5.41) is 19.6. The number of hydrogen-bond acceptors (Lipinski definition) is 4. The highest BCUT2D eigenvalue weighted by Gasteiger charge is 2.40. The molecule has 0 bridgehead atoms. The average molecular weight is 481 g/mol. The quantitative estimate of drug-likeness (QED) is 0.535. The molecule has 10 heteroatoms. The number of aromatic nitrogens is 3. The second-order valence-corrected chi connectivity index (χ2v) is 9.49. The Labute approximate surface area is 193 Å². The summed E-state index contributed by atoms with van der Waals surface area (Å²) < 4.78 is 38.2. The highest BCUT2D eigenvalue weighted by molar-refractivity contribution is 6.31. The van der Waals surface area contributed by atoms with Gasteiger partial charge in [-0.25, -0.2) is 0 Å². The van der Waals surface area contributed by atoms with Gasteiger partial charge in [0.05, 0.1) is 23.4 Å². The Bertz CT molecular complexity index is 1150. The fraction of sp³-hybridized carbons (Fsp3) is 0.435. The highest BCUT2D eigenvalue weighted by Crippen LogP contribution is 2.46. The summed E-state index contributed by atoms with van der Waals surface area (Å²) in [6.45, 7) is 4.86. The van der Waals surface area contributed by atoms with E-state index < -0.39 is 23.4 Å². The zero-order chi connectivity index (χ0) is 24.0. The first kappa shape index (κ1) is 23.5. The Hall–Kier alpha value is -2.65. The molecule has 1 saturated heterocycles. The van der Waals surface area contributed by atoms with Crippen LogP contribution in [0.1, 0.15) is 54.4 Å². The molecule has 1 aliphatic heterocycles. The number of aromatic amines is 1. The van der Waals surface area contributed by atoms with Crippen LogP contribution in [0.2, 0.25) is 5.02 Å². The highest BCUT2D eigenvalue weighted by atomic mass is 35.5. The van der Waals surface area contributed by atoms with Crippen LogP contribution in [0.3, 0.4) is 0 Å². The molecule has 1 aromatic carbocycles. The maximum atomic E-state index is 12.8. The van der Waals surface area contributed by atoms with E-state index in [4.69, 9.17) is 11.6 Å². The molecule has 6 nitrogen and oxygen atoms in total. The summed E-state index contributed by atoms with van der Waals surface area (Å²) in [5.41, 5.74) is -0.00718.